The van der Waals surface area contributed by atoms with Crippen LogP contribution in [0.25, 0.3) is 16.2 Å². The molecule has 1 aliphatic rings. The predicted octanol–water partition coefficient (Wildman–Crippen LogP) is 3.31. The summed E-state index contributed by atoms with van der Waals surface area (Å²) in [5.74, 6) is -0.126. The van der Waals surface area contributed by atoms with Crippen LogP contribution in [0.15, 0.2) is 30.5 Å². The lowest BCUT2D eigenvalue weighted by molar-refractivity contribution is -0.148. The SMILES string of the molecule is CCOC(=O)C1CCc2sc3nc(-c4ccc(N)cc4)cn3c2C1. The summed E-state index contributed by atoms with van der Waals surface area (Å²) in [6.07, 6.45) is 4.57. The number of aryl methyl sites for hydroxylation is 1. The summed E-state index contributed by atoms with van der Waals surface area (Å²) >= 11 is 1.72. The van der Waals surface area contributed by atoms with Gasteiger partial charge in [-0.1, -0.05) is 12.1 Å². The Bertz CT molecular complexity index is 895. The molecule has 4 rings (SSSR count). The van der Waals surface area contributed by atoms with Crippen molar-refractivity contribution in [3.05, 3.63) is 41.0 Å². The van der Waals surface area contributed by atoms with Gasteiger partial charge in [0, 0.05) is 34.4 Å². The van der Waals surface area contributed by atoms with Gasteiger partial charge < -0.3 is 10.5 Å². The van der Waals surface area contributed by atoms with Gasteiger partial charge in [0.25, 0.3) is 0 Å². The number of fused-ring (bicyclic) bond motifs is 3. The van der Waals surface area contributed by atoms with Crippen molar-refractivity contribution in [2.24, 2.45) is 5.92 Å². The first-order valence-electron chi connectivity index (χ1n) is 8.18. The summed E-state index contributed by atoms with van der Waals surface area (Å²) in [7, 11) is 0. The number of nitrogen functional groups attached to an aromatic ring is 1. The molecular formula is C18H19N3O2S. The number of hydrogen-bond donors (Lipinski definition) is 1. The van der Waals surface area contributed by atoms with Crippen molar-refractivity contribution in [2.75, 3.05) is 12.3 Å². The number of aromatic nitrogens is 2. The second-order valence-corrected chi connectivity index (χ2v) is 7.13. The fourth-order valence-electron chi connectivity index (χ4n) is 3.23. The molecule has 0 saturated heterocycles. The zero-order chi connectivity index (χ0) is 16.7. The second kappa shape index (κ2) is 5.94. The number of thiazole rings is 1. The van der Waals surface area contributed by atoms with Crippen molar-refractivity contribution >= 4 is 28.0 Å². The van der Waals surface area contributed by atoms with Gasteiger partial charge in [-0.25, -0.2) is 4.98 Å². The maximum atomic E-state index is 12.1. The topological polar surface area (TPSA) is 69.6 Å². The number of ether oxygens (including phenoxy) is 1. The molecule has 24 heavy (non-hydrogen) atoms. The fraction of sp³-hybridized carbons (Fsp3) is 0.333. The van der Waals surface area contributed by atoms with E-state index in [0.717, 1.165) is 41.2 Å². The van der Waals surface area contributed by atoms with Gasteiger partial charge in [0.1, 0.15) is 0 Å². The summed E-state index contributed by atoms with van der Waals surface area (Å²) in [4.78, 5) is 19.1. The Balaban J connectivity index is 1.68. The highest BCUT2D eigenvalue weighted by Crippen LogP contribution is 2.34. The van der Waals surface area contributed by atoms with Crippen LogP contribution in [0.1, 0.15) is 23.9 Å². The molecule has 0 aliphatic heterocycles. The Kier molecular flexibility index (Phi) is 3.76. The quantitative estimate of drug-likeness (QED) is 0.586. The minimum Gasteiger partial charge on any atom is -0.466 e. The number of esters is 1. The average Bonchev–Trinajstić information content (AvgIpc) is 3.13. The molecule has 2 aromatic heterocycles. The molecular weight excluding hydrogens is 322 g/mol. The van der Waals surface area contributed by atoms with Gasteiger partial charge in [0.2, 0.25) is 0 Å². The predicted molar refractivity (Wildman–Crippen MR) is 95.1 cm³/mol. The van der Waals surface area contributed by atoms with Crippen LogP contribution in [0.5, 0.6) is 0 Å². The molecule has 0 bridgehead atoms. The summed E-state index contributed by atoms with van der Waals surface area (Å²) in [5.41, 5.74) is 9.68. The second-order valence-electron chi connectivity index (χ2n) is 6.06. The summed E-state index contributed by atoms with van der Waals surface area (Å²) < 4.78 is 7.33. The van der Waals surface area contributed by atoms with Crippen LogP contribution in [-0.4, -0.2) is 22.0 Å². The number of carbonyl (C=O) groups excluding carboxylic acids is 1. The summed E-state index contributed by atoms with van der Waals surface area (Å²) in [5, 5.41) is 0. The van der Waals surface area contributed by atoms with Crippen LogP contribution in [0.4, 0.5) is 5.69 Å². The molecule has 0 amide bonds. The van der Waals surface area contributed by atoms with Crippen molar-refractivity contribution in [1.82, 2.24) is 9.38 Å². The molecule has 6 heteroatoms. The van der Waals surface area contributed by atoms with Crippen LogP contribution in [-0.2, 0) is 22.4 Å². The van der Waals surface area contributed by atoms with E-state index in [1.807, 2.05) is 31.2 Å². The monoisotopic (exact) mass is 341 g/mol. The molecule has 1 aromatic carbocycles. The maximum Gasteiger partial charge on any atom is 0.309 e. The summed E-state index contributed by atoms with van der Waals surface area (Å²) in [6.45, 7) is 2.29. The van der Waals surface area contributed by atoms with Gasteiger partial charge in [0.15, 0.2) is 4.96 Å². The minimum absolute atomic E-state index is 0.0439. The van der Waals surface area contributed by atoms with E-state index in [1.54, 1.807) is 11.3 Å². The lowest BCUT2D eigenvalue weighted by Gasteiger charge is -2.20. The Hall–Kier alpha value is -2.34. The molecule has 0 radical (unpaired) electrons. The van der Waals surface area contributed by atoms with Gasteiger partial charge in [0.05, 0.1) is 18.2 Å². The normalized spacial score (nSPS) is 17.0. The molecule has 1 aliphatic carbocycles. The average molecular weight is 341 g/mol. The Morgan fingerprint density at radius 3 is 2.96 bits per heavy atom. The lowest BCUT2D eigenvalue weighted by atomic mass is 9.91. The van der Waals surface area contributed by atoms with E-state index in [2.05, 4.69) is 10.6 Å². The van der Waals surface area contributed by atoms with E-state index >= 15 is 0 Å². The maximum absolute atomic E-state index is 12.1. The Labute approximate surface area is 144 Å². The number of hydrogen-bond acceptors (Lipinski definition) is 5. The van der Waals surface area contributed by atoms with Gasteiger partial charge in [-0.2, -0.15) is 0 Å². The lowest BCUT2D eigenvalue weighted by Crippen LogP contribution is -2.24. The van der Waals surface area contributed by atoms with Crippen molar-refractivity contribution in [2.45, 2.75) is 26.2 Å². The van der Waals surface area contributed by atoms with Gasteiger partial charge in [-0.3, -0.25) is 9.20 Å². The number of carbonyl (C=O) groups is 1. The third-order valence-corrected chi connectivity index (χ3v) is 5.64. The highest BCUT2D eigenvalue weighted by Gasteiger charge is 2.29. The summed E-state index contributed by atoms with van der Waals surface area (Å²) in [6, 6.07) is 7.73. The number of imidazole rings is 1. The molecule has 0 spiro atoms. The number of nitrogens with zero attached hydrogens (tertiary/aromatic N) is 2. The number of anilines is 1. The van der Waals surface area contributed by atoms with E-state index in [1.165, 1.54) is 10.6 Å². The standard InChI is InChI=1S/C18H19N3O2S/c1-2-23-17(22)12-5-8-16-15(9-12)21-10-14(20-18(21)24-16)11-3-6-13(19)7-4-11/h3-4,6-7,10,12H,2,5,8-9,19H2,1H3. The molecule has 124 valence electrons. The first kappa shape index (κ1) is 15.2. The molecule has 1 unspecified atom stereocenters. The highest BCUT2D eigenvalue weighted by atomic mass is 32.1. The zero-order valence-electron chi connectivity index (χ0n) is 13.5. The molecule has 1 atom stereocenters. The highest BCUT2D eigenvalue weighted by molar-refractivity contribution is 7.17. The molecule has 3 aromatic rings. The fourth-order valence-corrected chi connectivity index (χ4v) is 4.38. The van der Waals surface area contributed by atoms with Crippen molar-refractivity contribution in [1.29, 1.82) is 0 Å². The van der Waals surface area contributed by atoms with Crippen LogP contribution < -0.4 is 5.73 Å². The number of nitrogens with two attached hydrogens (primary N) is 1. The third kappa shape index (κ3) is 2.57. The number of benzene rings is 1. The Morgan fingerprint density at radius 1 is 1.42 bits per heavy atom. The van der Waals surface area contributed by atoms with Crippen molar-refractivity contribution in [3.8, 4) is 11.3 Å². The van der Waals surface area contributed by atoms with E-state index in [-0.39, 0.29) is 11.9 Å². The van der Waals surface area contributed by atoms with Crippen molar-refractivity contribution < 1.29 is 9.53 Å². The van der Waals surface area contributed by atoms with Gasteiger partial charge >= 0.3 is 5.97 Å². The first-order chi connectivity index (χ1) is 11.7. The molecule has 5 nitrogen and oxygen atoms in total. The van der Waals surface area contributed by atoms with Crippen LogP contribution >= 0.6 is 11.3 Å². The van der Waals surface area contributed by atoms with Crippen LogP contribution in [0.3, 0.4) is 0 Å². The van der Waals surface area contributed by atoms with Crippen LogP contribution in [0, 0.1) is 5.92 Å². The number of rotatable bonds is 3. The first-order valence-corrected chi connectivity index (χ1v) is 8.99. The molecule has 2 N–H and O–H groups in total. The van der Waals surface area contributed by atoms with E-state index < -0.39 is 0 Å². The largest absolute Gasteiger partial charge is 0.466 e. The van der Waals surface area contributed by atoms with E-state index in [4.69, 9.17) is 15.5 Å². The van der Waals surface area contributed by atoms with E-state index in [9.17, 15) is 4.79 Å². The van der Waals surface area contributed by atoms with Crippen molar-refractivity contribution in [3.63, 3.8) is 0 Å². The van der Waals surface area contributed by atoms with Gasteiger partial charge in [-0.05, 0) is 31.9 Å². The zero-order valence-corrected chi connectivity index (χ0v) is 14.3. The smallest absolute Gasteiger partial charge is 0.309 e. The van der Waals surface area contributed by atoms with E-state index in [0.29, 0.717) is 6.61 Å². The third-order valence-electron chi connectivity index (χ3n) is 4.49. The minimum atomic E-state index is -0.0821. The molecule has 2 heterocycles. The Morgan fingerprint density at radius 2 is 2.21 bits per heavy atom. The van der Waals surface area contributed by atoms with Gasteiger partial charge in [-0.15, -0.1) is 11.3 Å². The molecule has 0 saturated carbocycles. The van der Waals surface area contributed by atoms with Crippen LogP contribution in [0.2, 0.25) is 0 Å². The molecule has 0 fully saturated rings.